The third kappa shape index (κ3) is 1.47. The van der Waals surface area contributed by atoms with E-state index >= 15 is 0 Å². The molecule has 0 saturated heterocycles. The lowest BCUT2D eigenvalue weighted by molar-refractivity contribution is 0.282. The molecule has 1 unspecified atom stereocenters. The van der Waals surface area contributed by atoms with Gasteiger partial charge in [-0.3, -0.25) is 0 Å². The number of rotatable bonds is 0. The topological polar surface area (TPSA) is 29.3 Å². The minimum atomic E-state index is 0.190. The SMILES string of the molecule is Cc1cccc2c1C(N)CN(C)C2. The van der Waals surface area contributed by atoms with Gasteiger partial charge in [0.15, 0.2) is 0 Å². The van der Waals surface area contributed by atoms with Gasteiger partial charge in [0.1, 0.15) is 0 Å². The molecule has 0 amide bonds. The first-order valence-corrected chi connectivity index (χ1v) is 4.71. The number of fused-ring (bicyclic) bond motifs is 1. The van der Waals surface area contributed by atoms with Crippen LogP contribution in [-0.4, -0.2) is 18.5 Å². The molecule has 2 rings (SSSR count). The van der Waals surface area contributed by atoms with Gasteiger partial charge < -0.3 is 10.6 Å². The molecule has 13 heavy (non-hydrogen) atoms. The van der Waals surface area contributed by atoms with E-state index in [0.29, 0.717) is 0 Å². The van der Waals surface area contributed by atoms with Crippen molar-refractivity contribution in [1.29, 1.82) is 0 Å². The van der Waals surface area contributed by atoms with Crippen LogP contribution in [0, 0.1) is 6.92 Å². The van der Waals surface area contributed by atoms with Gasteiger partial charge in [-0.2, -0.15) is 0 Å². The van der Waals surface area contributed by atoms with Crippen LogP contribution in [0.3, 0.4) is 0 Å². The normalized spacial score (nSPS) is 22.8. The third-order valence-corrected chi connectivity index (χ3v) is 2.73. The average molecular weight is 176 g/mol. The van der Waals surface area contributed by atoms with E-state index in [-0.39, 0.29) is 6.04 Å². The van der Waals surface area contributed by atoms with Gasteiger partial charge in [-0.15, -0.1) is 0 Å². The lowest BCUT2D eigenvalue weighted by atomic mass is 9.92. The number of nitrogens with zero attached hydrogens (tertiary/aromatic N) is 1. The number of benzene rings is 1. The largest absolute Gasteiger partial charge is 0.323 e. The van der Waals surface area contributed by atoms with E-state index in [4.69, 9.17) is 5.73 Å². The molecule has 1 aliphatic heterocycles. The van der Waals surface area contributed by atoms with Crippen LogP contribution in [0.15, 0.2) is 18.2 Å². The van der Waals surface area contributed by atoms with E-state index < -0.39 is 0 Å². The lowest BCUT2D eigenvalue weighted by Gasteiger charge is -2.31. The highest BCUT2D eigenvalue weighted by Crippen LogP contribution is 2.26. The van der Waals surface area contributed by atoms with Crippen LogP contribution in [0.4, 0.5) is 0 Å². The molecule has 1 heterocycles. The number of aryl methyl sites for hydroxylation is 1. The van der Waals surface area contributed by atoms with Crippen LogP contribution < -0.4 is 5.73 Å². The van der Waals surface area contributed by atoms with Gasteiger partial charge in [-0.05, 0) is 30.7 Å². The lowest BCUT2D eigenvalue weighted by Crippen LogP contribution is -2.35. The molecule has 2 nitrogen and oxygen atoms in total. The molecule has 1 aromatic carbocycles. The van der Waals surface area contributed by atoms with E-state index in [1.165, 1.54) is 16.7 Å². The summed E-state index contributed by atoms with van der Waals surface area (Å²) >= 11 is 0. The molecule has 2 heteroatoms. The molecule has 0 bridgehead atoms. The Morgan fingerprint density at radius 2 is 2.23 bits per heavy atom. The van der Waals surface area contributed by atoms with Crippen molar-refractivity contribution in [2.45, 2.75) is 19.5 Å². The molecule has 1 aromatic rings. The van der Waals surface area contributed by atoms with Crippen molar-refractivity contribution in [1.82, 2.24) is 4.90 Å². The molecule has 70 valence electrons. The number of nitrogens with two attached hydrogens (primary N) is 1. The second kappa shape index (κ2) is 3.13. The minimum Gasteiger partial charge on any atom is -0.323 e. The first-order chi connectivity index (χ1) is 6.18. The first-order valence-electron chi connectivity index (χ1n) is 4.71. The smallest absolute Gasteiger partial charge is 0.0430 e. The Morgan fingerprint density at radius 3 is 3.00 bits per heavy atom. The molecule has 0 aromatic heterocycles. The van der Waals surface area contributed by atoms with E-state index in [2.05, 4.69) is 37.1 Å². The molecule has 0 saturated carbocycles. The Balaban J connectivity index is 2.49. The van der Waals surface area contributed by atoms with Gasteiger partial charge in [0, 0.05) is 19.1 Å². The van der Waals surface area contributed by atoms with E-state index in [1.54, 1.807) is 0 Å². The maximum absolute atomic E-state index is 6.10. The maximum atomic E-state index is 6.10. The number of hydrogen-bond acceptors (Lipinski definition) is 2. The van der Waals surface area contributed by atoms with Gasteiger partial charge in [-0.25, -0.2) is 0 Å². The summed E-state index contributed by atoms with van der Waals surface area (Å²) < 4.78 is 0. The van der Waals surface area contributed by atoms with Gasteiger partial charge in [-0.1, -0.05) is 18.2 Å². The van der Waals surface area contributed by atoms with Crippen LogP contribution in [0.2, 0.25) is 0 Å². The highest BCUT2D eigenvalue weighted by Gasteiger charge is 2.20. The van der Waals surface area contributed by atoms with Crippen LogP contribution in [0.1, 0.15) is 22.7 Å². The second-order valence-corrected chi connectivity index (χ2v) is 3.95. The predicted molar refractivity (Wildman–Crippen MR) is 54.4 cm³/mol. The summed E-state index contributed by atoms with van der Waals surface area (Å²) in [6, 6.07) is 6.62. The van der Waals surface area contributed by atoms with Crippen molar-refractivity contribution in [3.05, 3.63) is 34.9 Å². The average Bonchev–Trinajstić information content (AvgIpc) is 2.02. The molecule has 0 fully saturated rings. The fraction of sp³-hybridized carbons (Fsp3) is 0.455. The van der Waals surface area contributed by atoms with Gasteiger partial charge in [0.2, 0.25) is 0 Å². The standard InChI is InChI=1S/C11H16N2/c1-8-4-3-5-9-6-13(2)7-10(12)11(8)9/h3-5,10H,6-7,12H2,1-2H3. The fourth-order valence-corrected chi connectivity index (χ4v) is 2.19. The fourth-order valence-electron chi connectivity index (χ4n) is 2.19. The predicted octanol–water partition coefficient (Wildman–Crippen LogP) is 1.44. The molecule has 0 spiro atoms. The zero-order valence-corrected chi connectivity index (χ0v) is 8.25. The summed E-state index contributed by atoms with van der Waals surface area (Å²) in [7, 11) is 2.12. The summed E-state index contributed by atoms with van der Waals surface area (Å²) in [5.74, 6) is 0. The van der Waals surface area contributed by atoms with Crippen molar-refractivity contribution in [3.63, 3.8) is 0 Å². The van der Waals surface area contributed by atoms with E-state index in [1.807, 2.05) is 0 Å². The summed E-state index contributed by atoms with van der Waals surface area (Å²) in [5.41, 5.74) is 10.2. The summed E-state index contributed by atoms with van der Waals surface area (Å²) in [6.45, 7) is 4.15. The summed E-state index contributed by atoms with van der Waals surface area (Å²) in [6.07, 6.45) is 0. The summed E-state index contributed by atoms with van der Waals surface area (Å²) in [4.78, 5) is 2.27. The van der Waals surface area contributed by atoms with Crippen molar-refractivity contribution >= 4 is 0 Å². The molecular weight excluding hydrogens is 160 g/mol. The number of likely N-dealkylation sites (N-methyl/N-ethyl adjacent to an activating group) is 1. The Hall–Kier alpha value is -0.860. The highest BCUT2D eigenvalue weighted by atomic mass is 15.1. The van der Waals surface area contributed by atoms with Crippen molar-refractivity contribution < 1.29 is 0 Å². The Morgan fingerprint density at radius 1 is 1.46 bits per heavy atom. The van der Waals surface area contributed by atoms with Gasteiger partial charge in [0.25, 0.3) is 0 Å². The first kappa shape index (κ1) is 8.73. The van der Waals surface area contributed by atoms with Gasteiger partial charge in [0.05, 0.1) is 0 Å². The molecule has 1 aliphatic rings. The molecule has 0 radical (unpaired) electrons. The summed E-state index contributed by atoms with van der Waals surface area (Å²) in [5, 5.41) is 0. The molecule has 2 N–H and O–H groups in total. The Bertz CT molecular complexity index is 320. The monoisotopic (exact) mass is 176 g/mol. The van der Waals surface area contributed by atoms with Crippen molar-refractivity contribution in [3.8, 4) is 0 Å². The van der Waals surface area contributed by atoms with E-state index in [0.717, 1.165) is 13.1 Å². The van der Waals surface area contributed by atoms with Gasteiger partial charge >= 0.3 is 0 Å². The minimum absolute atomic E-state index is 0.190. The molecule has 1 atom stereocenters. The Kier molecular flexibility index (Phi) is 2.10. The quantitative estimate of drug-likeness (QED) is 0.648. The zero-order chi connectivity index (χ0) is 9.42. The second-order valence-electron chi connectivity index (χ2n) is 3.95. The maximum Gasteiger partial charge on any atom is 0.0430 e. The van der Waals surface area contributed by atoms with Crippen LogP contribution in [0.25, 0.3) is 0 Å². The third-order valence-electron chi connectivity index (χ3n) is 2.73. The van der Waals surface area contributed by atoms with Crippen LogP contribution in [-0.2, 0) is 6.54 Å². The molecule has 0 aliphatic carbocycles. The number of hydrogen-bond donors (Lipinski definition) is 1. The van der Waals surface area contributed by atoms with Crippen molar-refractivity contribution in [2.24, 2.45) is 5.73 Å². The Labute approximate surface area is 79.4 Å². The molecular formula is C11H16N2. The van der Waals surface area contributed by atoms with Crippen LogP contribution >= 0.6 is 0 Å². The zero-order valence-electron chi connectivity index (χ0n) is 8.25. The van der Waals surface area contributed by atoms with Crippen LogP contribution in [0.5, 0.6) is 0 Å². The highest BCUT2D eigenvalue weighted by molar-refractivity contribution is 5.38. The van der Waals surface area contributed by atoms with Crippen molar-refractivity contribution in [2.75, 3.05) is 13.6 Å². The van der Waals surface area contributed by atoms with E-state index in [9.17, 15) is 0 Å².